The molecule has 5 heteroatoms. The normalized spacial score (nSPS) is 22.9. The van der Waals surface area contributed by atoms with E-state index in [1.807, 2.05) is 31.3 Å². The molecule has 18 heavy (non-hydrogen) atoms. The quantitative estimate of drug-likeness (QED) is 0.910. The SMILES string of the molecule is CNC1(c2ccccc2Cl)CCCCC1=O.Cl.O. The van der Waals surface area contributed by atoms with Crippen molar-refractivity contribution in [3.05, 3.63) is 34.9 Å². The average Bonchev–Trinajstić information content (AvgIpc) is 2.31. The molecule has 1 aromatic rings. The first kappa shape index (κ1) is 17.4. The topological polar surface area (TPSA) is 60.6 Å². The van der Waals surface area contributed by atoms with Crippen molar-refractivity contribution in [2.75, 3.05) is 7.05 Å². The van der Waals surface area contributed by atoms with Crippen LogP contribution >= 0.6 is 24.0 Å². The van der Waals surface area contributed by atoms with Crippen molar-refractivity contribution < 1.29 is 10.3 Å². The van der Waals surface area contributed by atoms with Gasteiger partial charge in [-0.2, -0.15) is 0 Å². The largest absolute Gasteiger partial charge is 0.412 e. The molecule has 0 bridgehead atoms. The zero-order chi connectivity index (χ0) is 11.6. The molecule has 1 saturated carbocycles. The Hall–Kier alpha value is -0.610. The van der Waals surface area contributed by atoms with Crippen LogP contribution in [0.25, 0.3) is 0 Å². The van der Waals surface area contributed by atoms with Crippen molar-refractivity contribution in [1.29, 1.82) is 0 Å². The first-order chi connectivity index (χ1) is 7.70. The Morgan fingerprint density at radius 2 is 1.94 bits per heavy atom. The molecule has 1 aromatic carbocycles. The van der Waals surface area contributed by atoms with Crippen LogP contribution in [-0.2, 0) is 10.3 Å². The van der Waals surface area contributed by atoms with E-state index in [0.29, 0.717) is 11.4 Å². The fourth-order valence-electron chi connectivity index (χ4n) is 2.52. The van der Waals surface area contributed by atoms with Crippen LogP contribution in [0.1, 0.15) is 31.2 Å². The molecule has 1 unspecified atom stereocenters. The second-order valence-corrected chi connectivity index (χ2v) is 4.67. The summed E-state index contributed by atoms with van der Waals surface area (Å²) in [5.74, 6) is 0.259. The highest BCUT2D eigenvalue weighted by molar-refractivity contribution is 6.31. The highest BCUT2D eigenvalue weighted by atomic mass is 35.5. The Balaban J connectivity index is 0.00000144. The highest BCUT2D eigenvalue weighted by Gasteiger charge is 2.40. The maximum absolute atomic E-state index is 12.2. The van der Waals surface area contributed by atoms with Crippen LogP contribution in [0.2, 0.25) is 5.02 Å². The summed E-state index contributed by atoms with van der Waals surface area (Å²) in [5, 5.41) is 3.86. The monoisotopic (exact) mass is 291 g/mol. The summed E-state index contributed by atoms with van der Waals surface area (Å²) in [5.41, 5.74) is 0.361. The van der Waals surface area contributed by atoms with Crippen LogP contribution in [0.15, 0.2) is 24.3 Å². The zero-order valence-electron chi connectivity index (χ0n) is 10.3. The minimum Gasteiger partial charge on any atom is -0.412 e. The lowest BCUT2D eigenvalue weighted by molar-refractivity contribution is -0.127. The number of benzene rings is 1. The third-order valence-corrected chi connectivity index (χ3v) is 3.77. The molecule has 102 valence electrons. The van der Waals surface area contributed by atoms with Gasteiger partial charge in [0.05, 0.1) is 0 Å². The van der Waals surface area contributed by atoms with Gasteiger partial charge in [0.25, 0.3) is 0 Å². The van der Waals surface area contributed by atoms with E-state index in [4.69, 9.17) is 11.6 Å². The molecule has 3 N–H and O–H groups in total. The van der Waals surface area contributed by atoms with Crippen LogP contribution < -0.4 is 5.32 Å². The predicted molar refractivity (Wildman–Crippen MR) is 76.5 cm³/mol. The Bertz CT molecular complexity index is 412. The summed E-state index contributed by atoms with van der Waals surface area (Å²) < 4.78 is 0. The summed E-state index contributed by atoms with van der Waals surface area (Å²) in [7, 11) is 1.84. The van der Waals surface area contributed by atoms with E-state index in [2.05, 4.69) is 5.32 Å². The van der Waals surface area contributed by atoms with Crippen LogP contribution in [0.3, 0.4) is 0 Å². The van der Waals surface area contributed by atoms with Gasteiger partial charge in [-0.15, -0.1) is 12.4 Å². The van der Waals surface area contributed by atoms with Crippen LogP contribution in [0.5, 0.6) is 0 Å². The summed E-state index contributed by atoms with van der Waals surface area (Å²) >= 11 is 6.20. The van der Waals surface area contributed by atoms with Gasteiger partial charge in [-0.3, -0.25) is 4.79 Å². The molecule has 1 fully saturated rings. The van der Waals surface area contributed by atoms with Crippen molar-refractivity contribution >= 4 is 29.8 Å². The number of hydrogen-bond acceptors (Lipinski definition) is 2. The molecule has 0 radical (unpaired) electrons. The van der Waals surface area contributed by atoms with Crippen LogP contribution in [0, 0.1) is 0 Å². The first-order valence-corrected chi connectivity index (χ1v) is 6.06. The van der Waals surface area contributed by atoms with Crippen molar-refractivity contribution in [3.63, 3.8) is 0 Å². The molecule has 0 spiro atoms. The van der Waals surface area contributed by atoms with Crippen molar-refractivity contribution in [2.24, 2.45) is 0 Å². The van der Waals surface area contributed by atoms with E-state index >= 15 is 0 Å². The van der Waals surface area contributed by atoms with Crippen molar-refractivity contribution in [2.45, 2.75) is 31.2 Å². The Kier molecular flexibility index (Phi) is 6.86. The average molecular weight is 292 g/mol. The smallest absolute Gasteiger partial charge is 0.157 e. The van der Waals surface area contributed by atoms with E-state index in [-0.39, 0.29) is 23.7 Å². The van der Waals surface area contributed by atoms with Gasteiger partial charge in [0, 0.05) is 11.4 Å². The lowest BCUT2D eigenvalue weighted by atomic mass is 9.75. The molecule has 2 rings (SSSR count). The summed E-state index contributed by atoms with van der Waals surface area (Å²) in [4.78, 5) is 12.2. The molecule has 3 nitrogen and oxygen atoms in total. The Morgan fingerprint density at radius 3 is 2.50 bits per heavy atom. The van der Waals surface area contributed by atoms with Crippen molar-refractivity contribution in [1.82, 2.24) is 5.32 Å². The zero-order valence-corrected chi connectivity index (χ0v) is 11.9. The number of nitrogens with one attached hydrogen (secondary N) is 1. The highest BCUT2D eigenvalue weighted by Crippen LogP contribution is 2.37. The number of Topliss-reactive ketones (excluding diaryl/α,β-unsaturated/α-hetero) is 1. The summed E-state index contributed by atoms with van der Waals surface area (Å²) in [6, 6.07) is 7.62. The predicted octanol–water partition coefficient (Wildman–Crippen LogP) is 2.49. The molecule has 0 aromatic heterocycles. The molecular formula is C13H19Cl2NO2. The molecule has 1 atom stereocenters. The Morgan fingerprint density at radius 1 is 1.28 bits per heavy atom. The minimum atomic E-state index is -0.559. The third-order valence-electron chi connectivity index (χ3n) is 3.44. The Labute approximate surface area is 119 Å². The fourth-order valence-corrected chi connectivity index (χ4v) is 2.82. The van der Waals surface area contributed by atoms with E-state index in [0.717, 1.165) is 24.8 Å². The molecule has 0 heterocycles. The second-order valence-electron chi connectivity index (χ2n) is 4.27. The molecule has 0 amide bonds. The molecule has 0 saturated heterocycles. The number of carbonyl (C=O) groups excluding carboxylic acids is 1. The third kappa shape index (κ3) is 2.86. The first-order valence-electron chi connectivity index (χ1n) is 5.68. The van der Waals surface area contributed by atoms with Crippen LogP contribution in [-0.4, -0.2) is 18.3 Å². The second kappa shape index (κ2) is 7.10. The van der Waals surface area contributed by atoms with Gasteiger partial charge in [-0.25, -0.2) is 0 Å². The standard InChI is InChI=1S/C13H16ClNO.ClH.H2O/c1-15-13(9-5-4-8-12(13)16)10-6-2-3-7-11(10)14;;/h2-3,6-7,15H,4-5,8-9H2,1H3;1H;1H2. The number of likely N-dealkylation sites (N-methyl/N-ethyl adjacent to an activating group) is 1. The summed E-state index contributed by atoms with van der Waals surface area (Å²) in [6.07, 6.45) is 3.54. The van der Waals surface area contributed by atoms with Gasteiger partial charge in [0.1, 0.15) is 5.54 Å². The lowest BCUT2D eigenvalue weighted by Gasteiger charge is -2.36. The number of rotatable bonds is 2. The number of halogens is 2. The van der Waals surface area contributed by atoms with Gasteiger partial charge in [-0.05, 0) is 31.5 Å². The molecule has 1 aliphatic carbocycles. The molecule has 0 aliphatic heterocycles. The van der Waals surface area contributed by atoms with E-state index in [1.165, 1.54) is 0 Å². The van der Waals surface area contributed by atoms with E-state index in [9.17, 15) is 4.79 Å². The minimum absolute atomic E-state index is 0. The van der Waals surface area contributed by atoms with E-state index < -0.39 is 5.54 Å². The molecular weight excluding hydrogens is 273 g/mol. The maximum atomic E-state index is 12.2. The van der Waals surface area contributed by atoms with Gasteiger partial charge < -0.3 is 10.8 Å². The van der Waals surface area contributed by atoms with Gasteiger partial charge in [-0.1, -0.05) is 36.2 Å². The maximum Gasteiger partial charge on any atom is 0.157 e. The van der Waals surface area contributed by atoms with Crippen LogP contribution in [0.4, 0.5) is 0 Å². The lowest BCUT2D eigenvalue weighted by Crippen LogP contribution is -2.49. The summed E-state index contributed by atoms with van der Waals surface area (Å²) in [6.45, 7) is 0. The van der Waals surface area contributed by atoms with Gasteiger partial charge in [0.2, 0.25) is 0 Å². The number of ketones is 1. The fraction of sp³-hybridized carbons (Fsp3) is 0.462. The van der Waals surface area contributed by atoms with Crippen molar-refractivity contribution in [3.8, 4) is 0 Å². The molecule has 1 aliphatic rings. The van der Waals surface area contributed by atoms with Gasteiger partial charge >= 0.3 is 0 Å². The number of carbonyl (C=O) groups is 1. The number of hydrogen-bond donors (Lipinski definition) is 1. The van der Waals surface area contributed by atoms with Gasteiger partial charge in [0.15, 0.2) is 5.78 Å². The van der Waals surface area contributed by atoms with E-state index in [1.54, 1.807) is 0 Å².